The van der Waals surface area contributed by atoms with E-state index >= 15 is 0 Å². The molecule has 1 aromatic carbocycles. The van der Waals surface area contributed by atoms with Gasteiger partial charge in [-0.25, -0.2) is 0 Å². The van der Waals surface area contributed by atoms with Crippen molar-refractivity contribution in [1.29, 1.82) is 0 Å². The molecule has 2 nitrogen and oxygen atoms in total. The molecule has 0 saturated heterocycles. The van der Waals surface area contributed by atoms with Crippen LogP contribution in [0.2, 0.25) is 0 Å². The fraction of sp³-hybridized carbons (Fsp3) is 0.250. The molecular weight excluding hydrogens is 172 g/mol. The van der Waals surface area contributed by atoms with Crippen molar-refractivity contribution in [2.45, 2.75) is 6.92 Å². The number of allylic oxidation sites excluding steroid dienone is 1. The fourth-order valence-corrected chi connectivity index (χ4v) is 1.13. The molecule has 0 aliphatic carbocycles. The van der Waals surface area contributed by atoms with Crippen molar-refractivity contribution in [3.05, 3.63) is 42.0 Å². The van der Waals surface area contributed by atoms with Gasteiger partial charge < -0.3 is 5.01 Å². The number of nitrogens with zero attached hydrogens (tertiary/aromatic N) is 2. The summed E-state index contributed by atoms with van der Waals surface area (Å²) in [6, 6.07) is 10.2. The van der Waals surface area contributed by atoms with Crippen molar-refractivity contribution in [3.8, 4) is 0 Å². The summed E-state index contributed by atoms with van der Waals surface area (Å²) in [6.07, 6.45) is 4.07. The van der Waals surface area contributed by atoms with Crippen molar-refractivity contribution in [1.82, 2.24) is 5.01 Å². The highest BCUT2D eigenvalue weighted by atomic mass is 15.4. The molecule has 0 aromatic heterocycles. The molecule has 0 saturated carbocycles. The Labute approximate surface area is 85.6 Å². The first-order chi connectivity index (χ1) is 6.68. The van der Waals surface area contributed by atoms with Crippen LogP contribution in [0.5, 0.6) is 0 Å². The minimum Gasteiger partial charge on any atom is -0.303 e. The third-order valence-electron chi connectivity index (χ3n) is 1.67. The Morgan fingerprint density at radius 2 is 1.86 bits per heavy atom. The lowest BCUT2D eigenvalue weighted by Gasteiger charge is -2.03. The number of hydrazone groups is 1. The summed E-state index contributed by atoms with van der Waals surface area (Å²) < 4.78 is 0. The Hall–Kier alpha value is -1.57. The molecule has 1 aromatic rings. The van der Waals surface area contributed by atoms with Crippen molar-refractivity contribution in [2.75, 3.05) is 14.1 Å². The number of benzene rings is 1. The zero-order chi connectivity index (χ0) is 10.4. The van der Waals surface area contributed by atoms with E-state index in [9.17, 15) is 0 Å². The lowest BCUT2D eigenvalue weighted by molar-refractivity contribution is 0.438. The molecule has 0 spiro atoms. The average Bonchev–Trinajstić information content (AvgIpc) is 2.15. The van der Waals surface area contributed by atoms with E-state index in [-0.39, 0.29) is 0 Å². The summed E-state index contributed by atoms with van der Waals surface area (Å²) in [6.45, 7) is 1.99. The first kappa shape index (κ1) is 10.5. The van der Waals surface area contributed by atoms with Crippen LogP contribution in [0.1, 0.15) is 12.5 Å². The van der Waals surface area contributed by atoms with E-state index < -0.39 is 0 Å². The maximum absolute atomic E-state index is 4.26. The smallest absolute Gasteiger partial charge is 0.0574 e. The zero-order valence-corrected chi connectivity index (χ0v) is 8.94. The summed E-state index contributed by atoms with van der Waals surface area (Å²) in [7, 11) is 3.83. The standard InChI is InChI=1S/C12H16N2/c1-11(13-14(2)3)9-10-12-7-5-4-6-8-12/h4-10H,1-3H3. The summed E-state index contributed by atoms with van der Waals surface area (Å²) in [5.74, 6) is 0. The van der Waals surface area contributed by atoms with Gasteiger partial charge in [0.05, 0.1) is 5.71 Å². The van der Waals surface area contributed by atoms with Crippen LogP contribution in [0.3, 0.4) is 0 Å². The Kier molecular flexibility index (Phi) is 3.92. The number of hydrogen-bond donors (Lipinski definition) is 0. The molecule has 0 bridgehead atoms. The molecule has 0 unspecified atom stereocenters. The predicted molar refractivity (Wildman–Crippen MR) is 62.3 cm³/mol. The van der Waals surface area contributed by atoms with E-state index in [0.29, 0.717) is 0 Å². The third-order valence-corrected chi connectivity index (χ3v) is 1.67. The van der Waals surface area contributed by atoms with E-state index in [1.54, 1.807) is 5.01 Å². The molecule has 2 heteroatoms. The highest BCUT2D eigenvalue weighted by Gasteiger charge is 1.86. The summed E-state index contributed by atoms with van der Waals surface area (Å²) in [5, 5.41) is 6.05. The minimum absolute atomic E-state index is 0.999. The van der Waals surface area contributed by atoms with E-state index in [0.717, 1.165) is 5.71 Å². The molecule has 74 valence electrons. The van der Waals surface area contributed by atoms with E-state index in [1.165, 1.54) is 5.56 Å². The van der Waals surface area contributed by atoms with E-state index in [2.05, 4.69) is 23.3 Å². The molecule has 14 heavy (non-hydrogen) atoms. The lowest BCUT2D eigenvalue weighted by atomic mass is 10.2. The van der Waals surface area contributed by atoms with E-state index in [4.69, 9.17) is 0 Å². The Morgan fingerprint density at radius 3 is 2.43 bits per heavy atom. The van der Waals surface area contributed by atoms with Crippen molar-refractivity contribution >= 4 is 11.8 Å². The lowest BCUT2D eigenvalue weighted by Crippen LogP contribution is -2.04. The fourth-order valence-electron chi connectivity index (χ4n) is 1.13. The second-order valence-electron chi connectivity index (χ2n) is 3.33. The molecule has 0 atom stereocenters. The van der Waals surface area contributed by atoms with Gasteiger partial charge in [-0.1, -0.05) is 36.4 Å². The number of hydrogen-bond acceptors (Lipinski definition) is 2. The molecule has 0 aliphatic heterocycles. The van der Waals surface area contributed by atoms with Crippen LogP contribution in [0.15, 0.2) is 41.5 Å². The summed E-state index contributed by atoms with van der Waals surface area (Å²) in [4.78, 5) is 0. The van der Waals surface area contributed by atoms with Crippen LogP contribution in [0.25, 0.3) is 6.08 Å². The Morgan fingerprint density at radius 1 is 1.21 bits per heavy atom. The van der Waals surface area contributed by atoms with Crippen LogP contribution in [-0.2, 0) is 0 Å². The van der Waals surface area contributed by atoms with Gasteiger partial charge in [0, 0.05) is 14.1 Å². The maximum atomic E-state index is 4.26. The highest BCUT2D eigenvalue weighted by Crippen LogP contribution is 2.01. The SMILES string of the molecule is CC(C=Cc1ccccc1)=NN(C)C. The second-order valence-corrected chi connectivity index (χ2v) is 3.33. The van der Waals surface area contributed by atoms with Gasteiger partial charge in [0.1, 0.15) is 0 Å². The Bertz CT molecular complexity index is 323. The first-order valence-corrected chi connectivity index (χ1v) is 4.64. The number of rotatable bonds is 3. The van der Waals surface area contributed by atoms with Crippen molar-refractivity contribution in [2.24, 2.45) is 5.10 Å². The van der Waals surface area contributed by atoms with Gasteiger partial charge in [-0.05, 0) is 18.6 Å². The van der Waals surface area contributed by atoms with Crippen LogP contribution in [-0.4, -0.2) is 24.8 Å². The monoisotopic (exact) mass is 188 g/mol. The van der Waals surface area contributed by atoms with Crippen molar-refractivity contribution < 1.29 is 0 Å². The van der Waals surface area contributed by atoms with Gasteiger partial charge in [0.2, 0.25) is 0 Å². The van der Waals surface area contributed by atoms with Crippen LogP contribution < -0.4 is 0 Å². The topological polar surface area (TPSA) is 15.6 Å². The van der Waals surface area contributed by atoms with Gasteiger partial charge in [-0.3, -0.25) is 0 Å². The van der Waals surface area contributed by atoms with Gasteiger partial charge >= 0.3 is 0 Å². The predicted octanol–water partition coefficient (Wildman–Crippen LogP) is 2.64. The largest absolute Gasteiger partial charge is 0.303 e. The van der Waals surface area contributed by atoms with Crippen molar-refractivity contribution in [3.63, 3.8) is 0 Å². The highest BCUT2D eigenvalue weighted by molar-refractivity contribution is 5.96. The van der Waals surface area contributed by atoms with Gasteiger partial charge in [0.15, 0.2) is 0 Å². The quantitative estimate of drug-likeness (QED) is 0.526. The summed E-state index contributed by atoms with van der Waals surface area (Å²) >= 11 is 0. The molecule has 0 radical (unpaired) electrons. The third kappa shape index (κ3) is 3.90. The van der Waals surface area contributed by atoms with Gasteiger partial charge in [0.25, 0.3) is 0 Å². The zero-order valence-electron chi connectivity index (χ0n) is 8.94. The van der Waals surface area contributed by atoms with Crippen LogP contribution in [0, 0.1) is 0 Å². The van der Waals surface area contributed by atoms with E-state index in [1.807, 2.05) is 45.3 Å². The first-order valence-electron chi connectivity index (χ1n) is 4.64. The maximum Gasteiger partial charge on any atom is 0.0574 e. The summed E-state index contributed by atoms with van der Waals surface area (Å²) in [5.41, 5.74) is 2.19. The molecule has 0 heterocycles. The minimum atomic E-state index is 0.999. The van der Waals surface area contributed by atoms with Gasteiger partial charge in [-0.15, -0.1) is 0 Å². The Balaban J connectivity index is 2.65. The molecule has 0 aliphatic rings. The molecular formula is C12H16N2. The molecule has 0 N–H and O–H groups in total. The van der Waals surface area contributed by atoms with Crippen LogP contribution in [0.4, 0.5) is 0 Å². The van der Waals surface area contributed by atoms with Gasteiger partial charge in [-0.2, -0.15) is 5.10 Å². The second kappa shape index (κ2) is 5.22. The molecule has 1 rings (SSSR count). The molecule has 0 fully saturated rings. The van der Waals surface area contributed by atoms with Crippen LogP contribution >= 0.6 is 0 Å². The average molecular weight is 188 g/mol. The molecule has 0 amide bonds. The normalized spacial score (nSPS) is 12.1.